The van der Waals surface area contributed by atoms with Crippen LogP contribution in [0.5, 0.6) is 0 Å². The molecule has 1 aromatic carbocycles. The van der Waals surface area contributed by atoms with E-state index in [9.17, 15) is 56.8 Å². The fraction of sp³-hybridized carbons (Fsp3) is 0.556. The summed E-state index contributed by atoms with van der Waals surface area (Å²) in [6.07, 6.45) is -13.4. The number of benzene rings is 1. The molecule has 0 bridgehead atoms. The highest BCUT2D eigenvalue weighted by molar-refractivity contribution is 7.92. The molecule has 0 unspecified atom stereocenters. The summed E-state index contributed by atoms with van der Waals surface area (Å²) < 4.78 is 160. The van der Waals surface area contributed by atoms with Gasteiger partial charge in [0.2, 0.25) is 5.91 Å². The van der Waals surface area contributed by atoms with Gasteiger partial charge < -0.3 is 5.32 Å². The molecule has 5 rings (SSSR count). The molecule has 242 valence electrons. The van der Waals surface area contributed by atoms with Crippen LogP contribution in [-0.4, -0.2) is 57.6 Å². The van der Waals surface area contributed by atoms with Gasteiger partial charge >= 0.3 is 18.0 Å². The maximum Gasteiger partial charge on any atom is 0.437 e. The second-order valence-electron chi connectivity index (χ2n) is 11.4. The van der Waals surface area contributed by atoms with Gasteiger partial charge in [-0.05, 0) is 74.4 Å². The lowest BCUT2D eigenvalue weighted by molar-refractivity contribution is -0.350. The number of carbonyl (C=O) groups is 1. The number of amides is 1. The lowest BCUT2D eigenvalue weighted by atomic mass is 9.76. The van der Waals surface area contributed by atoms with Gasteiger partial charge in [0.25, 0.3) is 0 Å². The molecular formula is C27H26F8N2O5S2. The smallest absolute Gasteiger partial charge is 0.353 e. The van der Waals surface area contributed by atoms with Crippen LogP contribution in [0.3, 0.4) is 0 Å². The topological polar surface area (TPSA) is 110 Å². The first-order valence-corrected chi connectivity index (χ1v) is 16.9. The minimum Gasteiger partial charge on any atom is -0.353 e. The average molecular weight is 675 g/mol. The van der Waals surface area contributed by atoms with E-state index >= 15 is 0 Å². The van der Waals surface area contributed by atoms with E-state index in [0.717, 1.165) is 24.3 Å². The summed E-state index contributed by atoms with van der Waals surface area (Å²) in [7, 11) is -7.87. The fourth-order valence-electron chi connectivity index (χ4n) is 6.79. The summed E-state index contributed by atoms with van der Waals surface area (Å²) in [6, 6.07) is 3.76. The number of sulfone groups is 2. The number of hydrogen-bond acceptors (Lipinski definition) is 6. The van der Waals surface area contributed by atoms with Crippen LogP contribution in [0, 0.1) is 17.7 Å². The highest BCUT2D eigenvalue weighted by atomic mass is 32.2. The predicted molar refractivity (Wildman–Crippen MR) is 139 cm³/mol. The number of aromatic nitrogens is 1. The van der Waals surface area contributed by atoms with E-state index in [1.54, 1.807) is 0 Å². The lowest BCUT2D eigenvalue weighted by Crippen LogP contribution is -2.52. The molecule has 1 saturated carbocycles. The van der Waals surface area contributed by atoms with E-state index in [-0.39, 0.29) is 66.6 Å². The largest absolute Gasteiger partial charge is 0.437 e. The van der Waals surface area contributed by atoms with Crippen molar-refractivity contribution in [1.82, 2.24) is 10.3 Å². The van der Waals surface area contributed by atoms with Crippen LogP contribution in [0.25, 0.3) is 0 Å². The van der Waals surface area contributed by atoms with Crippen LogP contribution < -0.4 is 5.32 Å². The number of nitrogens with zero attached hydrogens (tertiary/aromatic N) is 1. The summed E-state index contributed by atoms with van der Waals surface area (Å²) in [5.41, 5.74) is -8.51. The molecule has 7 nitrogen and oxygen atoms in total. The number of rotatable bonds is 5. The molecule has 2 fully saturated rings. The highest BCUT2D eigenvalue weighted by Gasteiger charge is 2.75. The maximum absolute atomic E-state index is 14.9. The molecule has 0 radical (unpaired) electrons. The average Bonchev–Trinajstić information content (AvgIpc) is 3.31. The zero-order valence-corrected chi connectivity index (χ0v) is 24.3. The SMILES string of the molecule is O=C(N[C@@H]1CC[C@@]2(S(=O)(=O)c3ccc(F)cc3)c3ccc(C(F)(C(F)(F)F)C(F)(F)F)nc3CC[C@@H]12)C1CCS(=O)(=O)CC1. The highest BCUT2D eigenvalue weighted by Crippen LogP contribution is 2.58. The molecule has 2 aliphatic carbocycles. The molecule has 1 saturated heterocycles. The normalized spacial score (nSPS) is 26.1. The van der Waals surface area contributed by atoms with E-state index in [4.69, 9.17) is 0 Å². The second kappa shape index (κ2) is 10.6. The summed E-state index contributed by atoms with van der Waals surface area (Å²) in [4.78, 5) is 16.2. The number of carbonyl (C=O) groups excluding carboxylic acids is 1. The number of nitrogens with one attached hydrogen (secondary N) is 1. The monoisotopic (exact) mass is 674 g/mol. The lowest BCUT2D eigenvalue weighted by Gasteiger charge is -2.42. The predicted octanol–water partition coefficient (Wildman–Crippen LogP) is 4.85. The molecule has 1 aliphatic heterocycles. The van der Waals surface area contributed by atoms with Crippen molar-refractivity contribution in [3.63, 3.8) is 0 Å². The molecular weight excluding hydrogens is 648 g/mol. The molecule has 1 N–H and O–H groups in total. The summed E-state index contributed by atoms with van der Waals surface area (Å²) >= 11 is 0. The van der Waals surface area contributed by atoms with Crippen molar-refractivity contribution < 1.29 is 56.8 Å². The Morgan fingerprint density at radius 1 is 0.886 bits per heavy atom. The molecule has 44 heavy (non-hydrogen) atoms. The Kier molecular flexibility index (Phi) is 7.87. The Bertz CT molecular complexity index is 1650. The van der Waals surface area contributed by atoms with E-state index < -0.39 is 83.4 Å². The van der Waals surface area contributed by atoms with Gasteiger partial charge in [-0.25, -0.2) is 25.6 Å². The third-order valence-electron chi connectivity index (χ3n) is 9.02. The van der Waals surface area contributed by atoms with Gasteiger partial charge in [0.1, 0.15) is 20.4 Å². The van der Waals surface area contributed by atoms with Crippen LogP contribution in [0.4, 0.5) is 35.1 Å². The second-order valence-corrected chi connectivity index (χ2v) is 15.9. The third-order valence-corrected chi connectivity index (χ3v) is 13.3. The maximum atomic E-state index is 14.9. The zero-order chi connectivity index (χ0) is 32.5. The first-order chi connectivity index (χ1) is 20.2. The standard InChI is InChI=1S/C27H26F8N2O5S2/c28-16-1-3-17(4-2-16)44(41,42)24-12-9-21(37-23(38)15-10-13-43(39,40)14-11-15)18(24)5-7-20-19(24)6-8-22(36-20)25(29,26(30,31)32)27(33,34)35/h1-4,6,8,15,18,21H,5,7,9-14H2,(H,37,38)/t18-,21+,24-/m0/s1. The fourth-order valence-corrected chi connectivity index (χ4v) is 10.7. The molecule has 2 heterocycles. The Morgan fingerprint density at radius 3 is 2.05 bits per heavy atom. The number of hydrogen-bond donors (Lipinski definition) is 1. The Balaban J connectivity index is 1.60. The van der Waals surface area contributed by atoms with Crippen LogP contribution >= 0.6 is 0 Å². The van der Waals surface area contributed by atoms with Gasteiger partial charge in [-0.2, -0.15) is 26.3 Å². The van der Waals surface area contributed by atoms with Gasteiger partial charge in [-0.15, -0.1) is 0 Å². The van der Waals surface area contributed by atoms with Crippen LogP contribution in [0.1, 0.15) is 49.1 Å². The van der Waals surface area contributed by atoms with Crippen molar-refractivity contribution in [2.24, 2.45) is 11.8 Å². The van der Waals surface area contributed by atoms with Gasteiger partial charge in [0.15, 0.2) is 9.84 Å². The Hall–Kier alpha value is -2.82. The summed E-state index contributed by atoms with van der Waals surface area (Å²) in [6.45, 7) is 0. The minimum absolute atomic E-state index is 0.0290. The minimum atomic E-state index is -6.43. The van der Waals surface area contributed by atoms with E-state index in [1.807, 2.05) is 0 Å². The molecule has 3 aliphatic rings. The molecule has 3 atom stereocenters. The van der Waals surface area contributed by atoms with E-state index in [1.165, 1.54) is 0 Å². The Morgan fingerprint density at radius 2 is 1.48 bits per heavy atom. The summed E-state index contributed by atoms with van der Waals surface area (Å²) in [5, 5.41) is 2.80. The van der Waals surface area contributed by atoms with Crippen molar-refractivity contribution in [2.45, 2.75) is 72.2 Å². The van der Waals surface area contributed by atoms with Crippen molar-refractivity contribution in [2.75, 3.05) is 11.5 Å². The molecule has 2 aromatic rings. The van der Waals surface area contributed by atoms with Gasteiger partial charge in [0.05, 0.1) is 22.1 Å². The zero-order valence-electron chi connectivity index (χ0n) is 22.7. The van der Waals surface area contributed by atoms with Crippen molar-refractivity contribution >= 4 is 25.6 Å². The number of fused-ring (bicyclic) bond motifs is 3. The van der Waals surface area contributed by atoms with E-state index in [2.05, 4.69) is 10.3 Å². The van der Waals surface area contributed by atoms with Crippen LogP contribution in [0.2, 0.25) is 0 Å². The number of aryl methyl sites for hydroxylation is 1. The quantitative estimate of drug-likeness (QED) is 0.359. The molecule has 1 aromatic heterocycles. The molecule has 0 spiro atoms. The van der Waals surface area contributed by atoms with Crippen LogP contribution in [-0.2, 0) is 41.3 Å². The van der Waals surface area contributed by atoms with Gasteiger partial charge in [-0.1, -0.05) is 6.07 Å². The number of pyridine rings is 1. The van der Waals surface area contributed by atoms with Gasteiger partial charge in [0, 0.05) is 23.6 Å². The third kappa shape index (κ3) is 5.07. The van der Waals surface area contributed by atoms with Crippen molar-refractivity contribution in [1.29, 1.82) is 0 Å². The molecule has 17 heteroatoms. The molecule has 1 amide bonds. The van der Waals surface area contributed by atoms with Gasteiger partial charge in [-0.3, -0.25) is 9.78 Å². The van der Waals surface area contributed by atoms with Crippen molar-refractivity contribution in [3.05, 3.63) is 59.2 Å². The first-order valence-electron chi connectivity index (χ1n) is 13.6. The van der Waals surface area contributed by atoms with Crippen molar-refractivity contribution in [3.8, 4) is 0 Å². The number of alkyl halides is 7. The first kappa shape index (κ1) is 32.6. The Labute approximate surface area is 247 Å². The van der Waals surface area contributed by atoms with Crippen LogP contribution in [0.15, 0.2) is 41.3 Å². The van der Waals surface area contributed by atoms with E-state index in [0.29, 0.717) is 6.07 Å². The summed E-state index contributed by atoms with van der Waals surface area (Å²) in [5.74, 6) is -3.28. The number of halogens is 8.